The second kappa shape index (κ2) is 4.99. The van der Waals surface area contributed by atoms with Crippen LogP contribution in [0.3, 0.4) is 0 Å². The van der Waals surface area contributed by atoms with E-state index in [1.165, 1.54) is 0 Å². The molecule has 4 rings (SSSR count). The van der Waals surface area contributed by atoms with E-state index in [1.54, 1.807) is 11.6 Å². The van der Waals surface area contributed by atoms with Crippen LogP contribution in [0.5, 0.6) is 0 Å². The molecule has 0 saturated heterocycles. The zero-order valence-corrected chi connectivity index (χ0v) is 13.9. The molecule has 0 saturated carbocycles. The third kappa shape index (κ3) is 1.89. The lowest BCUT2D eigenvalue weighted by Gasteiger charge is -2.07. The van der Waals surface area contributed by atoms with Crippen molar-refractivity contribution in [3.05, 3.63) is 51.8 Å². The average molecular weight is 323 g/mol. The Kier molecular flexibility index (Phi) is 3.03. The van der Waals surface area contributed by atoms with Crippen LogP contribution in [0.15, 0.2) is 38.0 Å². The van der Waals surface area contributed by atoms with Gasteiger partial charge in [0.2, 0.25) is 0 Å². The van der Waals surface area contributed by atoms with E-state index in [0.29, 0.717) is 28.2 Å². The number of para-hydroxylation sites is 1. The second-order valence-electron chi connectivity index (χ2n) is 5.94. The number of nitrogens with one attached hydrogen (secondary N) is 1. The van der Waals surface area contributed by atoms with Crippen LogP contribution >= 0.6 is 0 Å². The maximum absolute atomic E-state index is 12.9. The maximum atomic E-state index is 12.9. The van der Waals surface area contributed by atoms with Gasteiger partial charge in [-0.05, 0) is 32.9 Å². The number of nitrogens with zero attached hydrogens (tertiary/aromatic N) is 2. The van der Waals surface area contributed by atoms with Gasteiger partial charge in [-0.2, -0.15) is 0 Å². The Bertz CT molecular complexity index is 1130. The fourth-order valence-electron chi connectivity index (χ4n) is 3.11. The number of hydrogen-bond acceptors (Lipinski definition) is 5. The van der Waals surface area contributed by atoms with Crippen molar-refractivity contribution in [1.29, 1.82) is 0 Å². The van der Waals surface area contributed by atoms with Gasteiger partial charge in [-0.15, -0.1) is 0 Å². The van der Waals surface area contributed by atoms with Crippen molar-refractivity contribution in [1.82, 2.24) is 9.72 Å². The molecule has 0 radical (unpaired) electrons. The van der Waals surface area contributed by atoms with E-state index in [2.05, 4.69) is 10.5 Å². The van der Waals surface area contributed by atoms with Gasteiger partial charge in [0.25, 0.3) is 5.56 Å². The summed E-state index contributed by atoms with van der Waals surface area (Å²) >= 11 is 0. The minimum absolute atomic E-state index is 0.102. The number of hydrogen-bond donors (Lipinski definition) is 1. The van der Waals surface area contributed by atoms with Crippen LogP contribution in [-0.2, 0) is 7.05 Å². The molecule has 0 fully saturated rings. The minimum Gasteiger partial charge on any atom is -0.458 e. The van der Waals surface area contributed by atoms with Crippen LogP contribution in [0.1, 0.15) is 17.2 Å². The third-order valence-corrected chi connectivity index (χ3v) is 4.40. The fraction of sp³-hybridized carbons (Fsp3) is 0.222. The summed E-state index contributed by atoms with van der Waals surface area (Å²) in [7, 11) is 1.77. The number of fused-ring (bicyclic) bond motifs is 3. The lowest BCUT2D eigenvalue weighted by molar-refractivity contribution is 0.393. The monoisotopic (exact) mass is 323 g/mol. The normalized spacial score (nSPS) is 11.5. The molecule has 122 valence electrons. The lowest BCUT2D eigenvalue weighted by Crippen LogP contribution is -2.17. The predicted octanol–water partition coefficient (Wildman–Crippen LogP) is 3.94. The van der Waals surface area contributed by atoms with Gasteiger partial charge < -0.3 is 18.8 Å². The summed E-state index contributed by atoms with van der Waals surface area (Å²) < 4.78 is 12.8. The molecule has 0 amide bonds. The first kappa shape index (κ1) is 14.6. The van der Waals surface area contributed by atoms with Crippen molar-refractivity contribution in [2.75, 3.05) is 5.32 Å². The summed E-state index contributed by atoms with van der Waals surface area (Å²) in [4.78, 5) is 12.9. The largest absolute Gasteiger partial charge is 0.458 e. The molecule has 3 heterocycles. The van der Waals surface area contributed by atoms with E-state index in [9.17, 15) is 4.79 Å². The van der Waals surface area contributed by atoms with Gasteiger partial charge in [0, 0.05) is 12.4 Å². The van der Waals surface area contributed by atoms with E-state index in [-0.39, 0.29) is 5.56 Å². The second-order valence-corrected chi connectivity index (χ2v) is 5.94. The van der Waals surface area contributed by atoms with Crippen molar-refractivity contribution in [3.8, 4) is 0 Å². The van der Waals surface area contributed by atoms with Crippen molar-refractivity contribution < 1.29 is 8.94 Å². The predicted molar refractivity (Wildman–Crippen MR) is 93.0 cm³/mol. The van der Waals surface area contributed by atoms with Gasteiger partial charge in [0.1, 0.15) is 22.5 Å². The van der Waals surface area contributed by atoms with E-state index in [0.717, 1.165) is 22.3 Å². The van der Waals surface area contributed by atoms with Crippen LogP contribution in [-0.4, -0.2) is 9.72 Å². The Morgan fingerprint density at radius 3 is 2.54 bits per heavy atom. The minimum atomic E-state index is -0.102. The maximum Gasteiger partial charge on any atom is 0.264 e. The number of aryl methyl sites for hydroxylation is 4. The molecule has 6 nitrogen and oxygen atoms in total. The highest BCUT2D eigenvalue weighted by Crippen LogP contribution is 2.35. The molecular formula is C18H17N3O3. The molecular weight excluding hydrogens is 306 g/mol. The Hall–Kier alpha value is -3.02. The Labute approximate surface area is 137 Å². The Morgan fingerprint density at radius 1 is 1.08 bits per heavy atom. The number of rotatable bonds is 2. The summed E-state index contributed by atoms with van der Waals surface area (Å²) in [6.07, 6.45) is 0. The standard InChI is InChI=1S/C18H17N3O3/c1-9-15(11(3)24-20-9)19-16-10(2)23-17-12-7-5-6-8-13(12)21(4)18(22)14(16)17/h5-8,19H,1-4H3. The Morgan fingerprint density at radius 2 is 1.83 bits per heavy atom. The lowest BCUT2D eigenvalue weighted by atomic mass is 10.1. The SMILES string of the molecule is Cc1noc(C)c1Nc1c(C)oc2c1c(=O)n(C)c1ccccc21. The van der Waals surface area contributed by atoms with Gasteiger partial charge in [-0.25, -0.2) is 0 Å². The van der Waals surface area contributed by atoms with Gasteiger partial charge in [0.05, 0.1) is 11.2 Å². The van der Waals surface area contributed by atoms with E-state index < -0.39 is 0 Å². The summed E-state index contributed by atoms with van der Waals surface area (Å²) in [5, 5.41) is 8.67. The molecule has 3 aromatic heterocycles. The smallest absolute Gasteiger partial charge is 0.264 e. The first-order valence-electron chi connectivity index (χ1n) is 7.69. The van der Waals surface area contributed by atoms with Crippen LogP contribution in [0.4, 0.5) is 11.4 Å². The number of anilines is 2. The topological polar surface area (TPSA) is 73.2 Å². The molecule has 0 aliphatic rings. The van der Waals surface area contributed by atoms with Gasteiger partial charge in [-0.3, -0.25) is 4.79 Å². The fourth-order valence-corrected chi connectivity index (χ4v) is 3.11. The molecule has 24 heavy (non-hydrogen) atoms. The molecule has 0 atom stereocenters. The van der Waals surface area contributed by atoms with Crippen molar-refractivity contribution >= 4 is 33.2 Å². The van der Waals surface area contributed by atoms with Crippen molar-refractivity contribution in [2.45, 2.75) is 20.8 Å². The zero-order chi connectivity index (χ0) is 17.0. The van der Waals surface area contributed by atoms with E-state index in [1.807, 2.05) is 45.0 Å². The molecule has 0 bridgehead atoms. The summed E-state index contributed by atoms with van der Waals surface area (Å²) in [6.45, 7) is 5.52. The molecule has 6 heteroatoms. The highest BCUT2D eigenvalue weighted by molar-refractivity contribution is 6.08. The van der Waals surface area contributed by atoms with E-state index in [4.69, 9.17) is 8.94 Å². The average Bonchev–Trinajstić information content (AvgIpc) is 3.07. The van der Waals surface area contributed by atoms with Crippen LogP contribution < -0.4 is 10.9 Å². The van der Waals surface area contributed by atoms with Gasteiger partial charge in [0.15, 0.2) is 11.3 Å². The van der Waals surface area contributed by atoms with Crippen LogP contribution in [0.2, 0.25) is 0 Å². The first-order valence-corrected chi connectivity index (χ1v) is 7.69. The summed E-state index contributed by atoms with van der Waals surface area (Å²) in [5.41, 5.74) is 3.49. The zero-order valence-electron chi connectivity index (χ0n) is 13.9. The van der Waals surface area contributed by atoms with Crippen molar-refractivity contribution in [2.24, 2.45) is 7.05 Å². The number of furan rings is 1. The molecule has 1 aromatic carbocycles. The molecule has 0 aliphatic carbocycles. The molecule has 0 spiro atoms. The summed E-state index contributed by atoms with van der Waals surface area (Å²) in [6, 6.07) is 7.72. The number of benzene rings is 1. The number of pyridine rings is 1. The number of aromatic nitrogens is 2. The van der Waals surface area contributed by atoms with Crippen molar-refractivity contribution in [3.63, 3.8) is 0 Å². The Balaban J connectivity index is 2.07. The highest BCUT2D eigenvalue weighted by atomic mass is 16.5. The molecule has 4 aromatic rings. The summed E-state index contributed by atoms with van der Waals surface area (Å²) in [5.74, 6) is 1.32. The third-order valence-electron chi connectivity index (χ3n) is 4.40. The van der Waals surface area contributed by atoms with Gasteiger partial charge in [-0.1, -0.05) is 17.3 Å². The van der Waals surface area contributed by atoms with Crippen LogP contribution in [0.25, 0.3) is 21.9 Å². The quantitative estimate of drug-likeness (QED) is 0.605. The van der Waals surface area contributed by atoms with Gasteiger partial charge >= 0.3 is 0 Å². The van der Waals surface area contributed by atoms with E-state index >= 15 is 0 Å². The molecule has 0 aliphatic heterocycles. The highest BCUT2D eigenvalue weighted by Gasteiger charge is 2.21. The first-order chi connectivity index (χ1) is 11.5. The molecule has 1 N–H and O–H groups in total. The van der Waals surface area contributed by atoms with Crippen LogP contribution in [0, 0.1) is 20.8 Å². The molecule has 0 unspecified atom stereocenters.